The number of imide groups is 1. The van der Waals surface area contributed by atoms with Gasteiger partial charge in [0.25, 0.3) is 0 Å². The Morgan fingerprint density at radius 3 is 2.19 bits per heavy atom. The molecule has 0 saturated carbocycles. The molecule has 0 aromatic rings. The number of nitrogens with one attached hydrogen (secondary N) is 1. The van der Waals surface area contributed by atoms with Gasteiger partial charge < -0.3 is 5.32 Å². The smallest absolute Gasteiger partial charge is 0.232 e. The molecular weight excluding hydrogens is 204 g/mol. The first-order chi connectivity index (χ1) is 7.49. The van der Waals surface area contributed by atoms with Crippen molar-refractivity contribution in [2.24, 2.45) is 11.8 Å². The summed E-state index contributed by atoms with van der Waals surface area (Å²) in [7, 11) is 0. The van der Waals surface area contributed by atoms with Crippen molar-refractivity contribution in [1.82, 2.24) is 10.2 Å². The van der Waals surface area contributed by atoms with Crippen molar-refractivity contribution in [3.05, 3.63) is 0 Å². The highest BCUT2D eigenvalue weighted by atomic mass is 16.2. The summed E-state index contributed by atoms with van der Waals surface area (Å²) < 4.78 is 0. The highest BCUT2D eigenvalue weighted by Gasteiger charge is 2.42. The standard InChI is InChI=1S/C12H22N2O2/c1-5-6-13-8(2)7-14-11(15)9(3)10(4)12(14)16/h8-10,13H,5-7H2,1-4H3. The molecule has 0 radical (unpaired) electrons. The van der Waals surface area contributed by atoms with Crippen LogP contribution in [0.5, 0.6) is 0 Å². The average molecular weight is 226 g/mol. The molecule has 3 unspecified atom stereocenters. The summed E-state index contributed by atoms with van der Waals surface area (Å²) in [5.74, 6) is -0.373. The molecule has 0 spiro atoms. The topological polar surface area (TPSA) is 49.4 Å². The third-order valence-electron chi connectivity index (χ3n) is 3.26. The van der Waals surface area contributed by atoms with E-state index in [1.165, 1.54) is 4.90 Å². The van der Waals surface area contributed by atoms with Gasteiger partial charge in [-0.25, -0.2) is 0 Å². The van der Waals surface area contributed by atoms with Crippen LogP contribution in [0.2, 0.25) is 0 Å². The van der Waals surface area contributed by atoms with Crippen molar-refractivity contribution in [1.29, 1.82) is 0 Å². The second-order valence-corrected chi connectivity index (χ2v) is 4.72. The zero-order chi connectivity index (χ0) is 12.3. The minimum atomic E-state index is -0.161. The predicted octanol–water partition coefficient (Wildman–Crippen LogP) is 1.02. The first-order valence-corrected chi connectivity index (χ1v) is 6.07. The largest absolute Gasteiger partial charge is 0.312 e. The van der Waals surface area contributed by atoms with Crippen LogP contribution < -0.4 is 5.32 Å². The lowest BCUT2D eigenvalue weighted by Gasteiger charge is -2.20. The van der Waals surface area contributed by atoms with Gasteiger partial charge in [0, 0.05) is 24.4 Å². The normalized spacial score (nSPS) is 27.6. The number of amides is 2. The van der Waals surface area contributed by atoms with Crippen LogP contribution in [0, 0.1) is 11.8 Å². The van der Waals surface area contributed by atoms with Crippen LogP contribution >= 0.6 is 0 Å². The van der Waals surface area contributed by atoms with E-state index in [1.807, 2.05) is 20.8 Å². The van der Waals surface area contributed by atoms with E-state index in [9.17, 15) is 9.59 Å². The van der Waals surface area contributed by atoms with Gasteiger partial charge >= 0.3 is 0 Å². The molecule has 1 fully saturated rings. The van der Waals surface area contributed by atoms with Gasteiger partial charge in [0.2, 0.25) is 11.8 Å². The van der Waals surface area contributed by atoms with Gasteiger partial charge in [-0.15, -0.1) is 0 Å². The molecule has 1 saturated heterocycles. The molecule has 3 atom stereocenters. The van der Waals surface area contributed by atoms with Gasteiger partial charge in [-0.2, -0.15) is 0 Å². The molecule has 0 aromatic heterocycles. The highest BCUT2D eigenvalue weighted by Crippen LogP contribution is 2.25. The zero-order valence-electron chi connectivity index (χ0n) is 10.6. The lowest BCUT2D eigenvalue weighted by atomic mass is 10.00. The molecule has 1 rings (SSSR count). The number of nitrogens with zero attached hydrogens (tertiary/aromatic N) is 1. The summed E-state index contributed by atoms with van der Waals surface area (Å²) >= 11 is 0. The first-order valence-electron chi connectivity index (χ1n) is 6.07. The molecule has 1 aliphatic heterocycles. The molecule has 0 aromatic carbocycles. The van der Waals surface area contributed by atoms with Gasteiger partial charge in [0.05, 0.1) is 0 Å². The van der Waals surface area contributed by atoms with Crippen molar-refractivity contribution < 1.29 is 9.59 Å². The summed E-state index contributed by atoms with van der Waals surface area (Å²) in [5.41, 5.74) is 0. The summed E-state index contributed by atoms with van der Waals surface area (Å²) in [6.07, 6.45) is 1.05. The maximum Gasteiger partial charge on any atom is 0.232 e. The zero-order valence-corrected chi connectivity index (χ0v) is 10.6. The summed E-state index contributed by atoms with van der Waals surface area (Å²) in [6, 6.07) is 0.172. The second kappa shape index (κ2) is 5.43. The molecule has 1 aliphatic rings. The molecule has 0 aliphatic carbocycles. The van der Waals surface area contributed by atoms with Gasteiger partial charge in [0.1, 0.15) is 0 Å². The Balaban J connectivity index is 2.54. The van der Waals surface area contributed by atoms with Crippen molar-refractivity contribution in [3.8, 4) is 0 Å². The van der Waals surface area contributed by atoms with Crippen LogP contribution in [0.15, 0.2) is 0 Å². The average Bonchev–Trinajstić information content (AvgIpc) is 2.44. The lowest BCUT2D eigenvalue weighted by molar-refractivity contribution is -0.140. The molecule has 92 valence electrons. The van der Waals surface area contributed by atoms with Crippen LogP contribution in [0.25, 0.3) is 0 Å². The van der Waals surface area contributed by atoms with E-state index in [0.717, 1.165) is 13.0 Å². The number of hydrogen-bond donors (Lipinski definition) is 1. The van der Waals surface area contributed by atoms with Crippen LogP contribution in [0.3, 0.4) is 0 Å². The number of hydrogen-bond acceptors (Lipinski definition) is 3. The number of carbonyl (C=O) groups is 2. The first kappa shape index (κ1) is 13.2. The number of rotatable bonds is 5. The minimum absolute atomic E-state index is 0.0253. The molecular formula is C12H22N2O2. The quantitative estimate of drug-likeness (QED) is 0.712. The lowest BCUT2D eigenvalue weighted by Crippen LogP contribution is -2.42. The van der Waals surface area contributed by atoms with Crippen molar-refractivity contribution in [2.45, 2.75) is 40.2 Å². The Kier molecular flexibility index (Phi) is 4.47. The number of likely N-dealkylation sites (tertiary alicyclic amines) is 1. The summed E-state index contributed by atoms with van der Waals surface area (Å²) in [4.78, 5) is 25.0. The van der Waals surface area contributed by atoms with Crippen molar-refractivity contribution in [2.75, 3.05) is 13.1 Å². The van der Waals surface area contributed by atoms with Crippen LogP contribution in [-0.4, -0.2) is 35.8 Å². The van der Waals surface area contributed by atoms with E-state index in [-0.39, 0.29) is 29.7 Å². The molecule has 1 N–H and O–H groups in total. The maximum atomic E-state index is 11.8. The Labute approximate surface area is 97.4 Å². The molecule has 4 nitrogen and oxygen atoms in total. The predicted molar refractivity (Wildman–Crippen MR) is 62.8 cm³/mol. The Morgan fingerprint density at radius 1 is 1.25 bits per heavy atom. The second-order valence-electron chi connectivity index (χ2n) is 4.72. The van der Waals surface area contributed by atoms with Gasteiger partial charge in [0.15, 0.2) is 0 Å². The van der Waals surface area contributed by atoms with E-state index in [2.05, 4.69) is 12.2 Å². The molecule has 1 heterocycles. The third kappa shape index (κ3) is 2.61. The Hall–Kier alpha value is -0.900. The monoisotopic (exact) mass is 226 g/mol. The highest BCUT2D eigenvalue weighted by molar-refractivity contribution is 6.04. The number of carbonyl (C=O) groups excluding carboxylic acids is 2. The van der Waals surface area contributed by atoms with Crippen LogP contribution in [-0.2, 0) is 9.59 Å². The van der Waals surface area contributed by atoms with Crippen molar-refractivity contribution in [3.63, 3.8) is 0 Å². The van der Waals surface area contributed by atoms with Crippen molar-refractivity contribution >= 4 is 11.8 Å². The van der Waals surface area contributed by atoms with E-state index in [0.29, 0.717) is 6.54 Å². The van der Waals surface area contributed by atoms with Crippen LogP contribution in [0.4, 0.5) is 0 Å². The minimum Gasteiger partial charge on any atom is -0.312 e. The third-order valence-corrected chi connectivity index (χ3v) is 3.26. The molecule has 4 heteroatoms. The molecule has 2 amide bonds. The maximum absolute atomic E-state index is 11.8. The fourth-order valence-corrected chi connectivity index (χ4v) is 1.94. The Bertz CT molecular complexity index is 258. The fourth-order valence-electron chi connectivity index (χ4n) is 1.94. The SMILES string of the molecule is CCCNC(C)CN1C(=O)C(C)C(C)C1=O. The van der Waals surface area contributed by atoms with E-state index in [1.54, 1.807) is 0 Å². The van der Waals surface area contributed by atoms with E-state index in [4.69, 9.17) is 0 Å². The van der Waals surface area contributed by atoms with E-state index < -0.39 is 0 Å². The fraction of sp³-hybridized carbons (Fsp3) is 0.833. The molecule has 16 heavy (non-hydrogen) atoms. The summed E-state index contributed by atoms with van der Waals surface area (Å²) in [6.45, 7) is 9.17. The van der Waals surface area contributed by atoms with Crippen LogP contribution in [0.1, 0.15) is 34.1 Å². The van der Waals surface area contributed by atoms with Gasteiger partial charge in [-0.05, 0) is 19.9 Å². The van der Waals surface area contributed by atoms with Gasteiger partial charge in [-0.3, -0.25) is 14.5 Å². The summed E-state index contributed by atoms with van der Waals surface area (Å²) in [5, 5.41) is 3.28. The Morgan fingerprint density at radius 2 is 1.75 bits per heavy atom. The molecule has 0 bridgehead atoms. The van der Waals surface area contributed by atoms with Gasteiger partial charge in [-0.1, -0.05) is 20.8 Å². The van der Waals surface area contributed by atoms with E-state index >= 15 is 0 Å².